The number of carbonyl (C=O) groups is 1. The Morgan fingerprint density at radius 2 is 1.83 bits per heavy atom. The molecule has 0 atom stereocenters. The number of aryl methyl sites for hydroxylation is 1. The maximum atomic E-state index is 10.4. The third-order valence-electron chi connectivity index (χ3n) is 1.61. The molecule has 1 rings (SSSR count). The van der Waals surface area contributed by atoms with E-state index in [1.807, 2.05) is 19.1 Å². The molecule has 0 aromatic heterocycles. The van der Waals surface area contributed by atoms with Crippen molar-refractivity contribution in [3.63, 3.8) is 0 Å². The minimum atomic E-state index is -0.868. The second kappa shape index (κ2) is 5.25. The van der Waals surface area contributed by atoms with Crippen LogP contribution in [0.2, 0.25) is 0 Å². The molecule has 64 valence electrons. The molecule has 0 unspecified atom stereocenters. The van der Waals surface area contributed by atoms with E-state index in [2.05, 4.69) is 0 Å². The zero-order chi connectivity index (χ0) is 8.27. The zero-order valence-electron chi connectivity index (χ0n) is 6.37. The van der Waals surface area contributed by atoms with Crippen molar-refractivity contribution in [3.8, 4) is 0 Å². The summed E-state index contributed by atoms with van der Waals surface area (Å²) in [6.45, 7) is 2.04. The third kappa shape index (κ3) is 2.89. The van der Waals surface area contributed by atoms with E-state index >= 15 is 0 Å². The molecule has 1 aromatic carbocycles. The Labute approximate surface area is 90.4 Å². The van der Waals surface area contributed by atoms with Gasteiger partial charge in [-0.2, -0.15) is 0 Å². The van der Waals surface area contributed by atoms with Crippen molar-refractivity contribution in [2.45, 2.75) is 13.3 Å². The summed E-state index contributed by atoms with van der Waals surface area (Å²) in [4.78, 5) is 10.4. The fourth-order valence-corrected chi connectivity index (χ4v) is 0.883. The number of hydrogen-bond acceptors (Lipinski definition) is 1. The summed E-state index contributed by atoms with van der Waals surface area (Å²) in [5.74, 6) is -0.868. The van der Waals surface area contributed by atoms with E-state index in [1.54, 1.807) is 12.1 Å². The van der Waals surface area contributed by atoms with Gasteiger partial charge in [-0.1, -0.05) is 19.1 Å². The van der Waals surface area contributed by atoms with Gasteiger partial charge in [-0.15, -0.1) is 0 Å². The summed E-state index contributed by atoms with van der Waals surface area (Å²) in [6.07, 6.45) is 0.944. The average molecular weight is 268 g/mol. The Kier molecular flexibility index (Phi) is 5.06. The molecule has 0 aliphatic rings. The van der Waals surface area contributed by atoms with Crippen LogP contribution in [-0.4, -0.2) is 36.9 Å². The average Bonchev–Trinajstić information content (AvgIpc) is 2.05. The molecule has 2 nitrogen and oxygen atoms in total. The number of aromatic carboxylic acids is 1. The normalized spacial score (nSPS) is 8.75. The first-order chi connectivity index (χ1) is 5.24. The van der Waals surface area contributed by atoms with Crippen molar-refractivity contribution >= 4 is 31.8 Å². The molecule has 0 saturated carbocycles. The number of rotatable bonds is 2. The molecule has 0 bridgehead atoms. The predicted octanol–water partition coefficient (Wildman–Crippen LogP) is 0.763. The van der Waals surface area contributed by atoms with Gasteiger partial charge in [0, 0.05) is 0 Å². The molecule has 0 radical (unpaired) electrons. The van der Waals surface area contributed by atoms with Gasteiger partial charge in [-0.25, -0.2) is 4.79 Å². The molecule has 0 fully saturated rings. The topological polar surface area (TPSA) is 37.3 Å². The summed E-state index contributed by atoms with van der Waals surface area (Å²) < 4.78 is 0. The van der Waals surface area contributed by atoms with E-state index in [4.69, 9.17) is 5.11 Å². The SMILES string of the molecule is CCc1ccc(C(=O)O)cc1.[InH3]. The van der Waals surface area contributed by atoms with E-state index in [0.717, 1.165) is 12.0 Å². The van der Waals surface area contributed by atoms with E-state index < -0.39 is 5.97 Å². The molecule has 0 spiro atoms. The van der Waals surface area contributed by atoms with Gasteiger partial charge in [-0.3, -0.25) is 0 Å². The molecule has 1 N–H and O–H groups in total. The zero-order valence-corrected chi connectivity index (χ0v) is 6.37. The third-order valence-corrected chi connectivity index (χ3v) is 1.61. The van der Waals surface area contributed by atoms with Gasteiger partial charge in [0.15, 0.2) is 0 Å². The summed E-state index contributed by atoms with van der Waals surface area (Å²) >= 11 is 0. The van der Waals surface area contributed by atoms with Crippen molar-refractivity contribution in [1.29, 1.82) is 0 Å². The molecule has 0 aliphatic heterocycles. The second-order valence-corrected chi connectivity index (χ2v) is 2.36. The van der Waals surface area contributed by atoms with Gasteiger partial charge in [0.2, 0.25) is 0 Å². The fraction of sp³-hybridized carbons (Fsp3) is 0.222. The van der Waals surface area contributed by atoms with Crippen LogP contribution in [0.5, 0.6) is 0 Å². The summed E-state index contributed by atoms with van der Waals surface area (Å²) in [5.41, 5.74) is 1.51. The van der Waals surface area contributed by atoms with Crippen LogP contribution < -0.4 is 0 Å². The van der Waals surface area contributed by atoms with Crippen molar-refractivity contribution < 1.29 is 9.90 Å². The Morgan fingerprint density at radius 3 is 2.17 bits per heavy atom. The second-order valence-electron chi connectivity index (χ2n) is 2.36. The van der Waals surface area contributed by atoms with Gasteiger partial charge in [0.25, 0.3) is 0 Å². The molecular formula is C9H13InO2. The minimum absolute atomic E-state index is 0. The molecule has 0 saturated heterocycles. The van der Waals surface area contributed by atoms with Crippen molar-refractivity contribution in [2.75, 3.05) is 0 Å². The van der Waals surface area contributed by atoms with Crippen LogP contribution in [0.4, 0.5) is 0 Å². The molecule has 0 aliphatic carbocycles. The van der Waals surface area contributed by atoms with Crippen molar-refractivity contribution in [2.24, 2.45) is 0 Å². The number of benzene rings is 1. The van der Waals surface area contributed by atoms with Crippen LogP contribution in [0.15, 0.2) is 24.3 Å². The monoisotopic (exact) mass is 268 g/mol. The van der Waals surface area contributed by atoms with Crippen LogP contribution >= 0.6 is 0 Å². The van der Waals surface area contributed by atoms with Crippen molar-refractivity contribution in [1.82, 2.24) is 0 Å². The summed E-state index contributed by atoms with van der Waals surface area (Å²) in [6, 6.07) is 6.93. The van der Waals surface area contributed by atoms with Crippen LogP contribution in [0.3, 0.4) is 0 Å². The maximum absolute atomic E-state index is 10.4. The van der Waals surface area contributed by atoms with Gasteiger partial charge in [0.1, 0.15) is 0 Å². The number of carboxylic acids is 1. The van der Waals surface area contributed by atoms with Gasteiger partial charge in [-0.05, 0) is 24.1 Å². The number of hydrogen-bond donors (Lipinski definition) is 1. The van der Waals surface area contributed by atoms with E-state index in [-0.39, 0.29) is 25.8 Å². The van der Waals surface area contributed by atoms with Crippen molar-refractivity contribution in [3.05, 3.63) is 35.4 Å². The molecular weight excluding hydrogens is 255 g/mol. The van der Waals surface area contributed by atoms with Crippen LogP contribution in [0.1, 0.15) is 22.8 Å². The Balaban J connectivity index is 0.00000121. The van der Waals surface area contributed by atoms with E-state index in [1.165, 1.54) is 0 Å². The molecule has 0 amide bonds. The van der Waals surface area contributed by atoms with Gasteiger partial charge >= 0.3 is 31.8 Å². The van der Waals surface area contributed by atoms with Gasteiger partial charge < -0.3 is 5.11 Å². The summed E-state index contributed by atoms with van der Waals surface area (Å²) in [7, 11) is 0. The first-order valence-corrected chi connectivity index (χ1v) is 3.56. The van der Waals surface area contributed by atoms with Gasteiger partial charge in [0.05, 0.1) is 5.56 Å². The fourth-order valence-electron chi connectivity index (χ4n) is 0.883. The standard InChI is InChI=1S/C9H10O2.In.3H/c1-2-7-3-5-8(6-4-7)9(10)11;;;;/h3-6H,2H2,1H3,(H,10,11);;;;. The van der Waals surface area contributed by atoms with Crippen LogP contribution in [-0.2, 0) is 6.42 Å². The number of carboxylic acid groups (broad SMARTS) is 1. The molecule has 0 heterocycles. The molecule has 12 heavy (non-hydrogen) atoms. The van der Waals surface area contributed by atoms with E-state index in [9.17, 15) is 4.79 Å². The molecule has 3 heteroatoms. The van der Waals surface area contributed by atoms with E-state index in [0.29, 0.717) is 5.56 Å². The first kappa shape index (κ1) is 11.6. The Hall–Kier alpha value is -0.440. The predicted molar refractivity (Wildman–Crippen MR) is 52.7 cm³/mol. The summed E-state index contributed by atoms with van der Waals surface area (Å²) in [5, 5.41) is 8.55. The van der Waals surface area contributed by atoms with Crippen LogP contribution in [0, 0.1) is 0 Å². The van der Waals surface area contributed by atoms with Crippen LogP contribution in [0.25, 0.3) is 0 Å². The first-order valence-electron chi connectivity index (χ1n) is 3.56. The Bertz CT molecular complexity index is 254. The molecule has 1 aromatic rings. The quantitative estimate of drug-likeness (QED) is 0.860. The Morgan fingerprint density at radius 1 is 1.33 bits per heavy atom.